The third-order valence-electron chi connectivity index (χ3n) is 3.65. The minimum Gasteiger partial charge on any atom is -0.386 e. The standard InChI is InChI=1S/C19H26F2O/c1-2-3-4-5-6-7-11-14-18(22)19(20,21)16-15-17-12-9-8-10-13-17/h8-10,12-13,18,22H,2-7,11,14H2,1H3. The highest BCUT2D eigenvalue weighted by Gasteiger charge is 2.35. The van der Waals surface area contributed by atoms with E-state index >= 15 is 0 Å². The summed E-state index contributed by atoms with van der Waals surface area (Å²) in [7, 11) is 0. The van der Waals surface area contributed by atoms with Crippen molar-refractivity contribution in [3.63, 3.8) is 0 Å². The largest absolute Gasteiger partial charge is 0.386 e. The summed E-state index contributed by atoms with van der Waals surface area (Å²) in [5.74, 6) is 0.992. The zero-order valence-electron chi connectivity index (χ0n) is 13.3. The molecular weight excluding hydrogens is 282 g/mol. The fourth-order valence-corrected chi connectivity index (χ4v) is 2.24. The molecule has 1 aromatic carbocycles. The quantitative estimate of drug-likeness (QED) is 0.492. The number of benzene rings is 1. The zero-order chi connectivity index (χ0) is 16.3. The van der Waals surface area contributed by atoms with Gasteiger partial charge in [0, 0.05) is 5.56 Å². The molecule has 1 aromatic rings. The van der Waals surface area contributed by atoms with Crippen molar-refractivity contribution in [3.05, 3.63) is 35.9 Å². The van der Waals surface area contributed by atoms with Crippen molar-refractivity contribution in [3.8, 4) is 11.8 Å². The van der Waals surface area contributed by atoms with E-state index in [-0.39, 0.29) is 6.42 Å². The summed E-state index contributed by atoms with van der Waals surface area (Å²) >= 11 is 0. The van der Waals surface area contributed by atoms with Crippen molar-refractivity contribution < 1.29 is 13.9 Å². The first-order valence-electron chi connectivity index (χ1n) is 8.20. The van der Waals surface area contributed by atoms with Gasteiger partial charge in [0.05, 0.1) is 0 Å². The van der Waals surface area contributed by atoms with E-state index in [4.69, 9.17) is 0 Å². The van der Waals surface area contributed by atoms with Crippen LogP contribution in [0.5, 0.6) is 0 Å². The van der Waals surface area contributed by atoms with Crippen LogP contribution in [0.4, 0.5) is 8.78 Å². The maximum absolute atomic E-state index is 13.8. The van der Waals surface area contributed by atoms with E-state index in [9.17, 15) is 13.9 Å². The van der Waals surface area contributed by atoms with Gasteiger partial charge in [-0.15, -0.1) is 0 Å². The Labute approximate surface area is 132 Å². The molecule has 0 fully saturated rings. The number of rotatable bonds is 9. The van der Waals surface area contributed by atoms with Gasteiger partial charge in [-0.2, -0.15) is 8.78 Å². The summed E-state index contributed by atoms with van der Waals surface area (Å²) in [5.41, 5.74) is 0.533. The highest BCUT2D eigenvalue weighted by atomic mass is 19.3. The van der Waals surface area contributed by atoms with Crippen molar-refractivity contribution in [2.45, 2.75) is 70.3 Å². The molecule has 0 aliphatic heterocycles. The van der Waals surface area contributed by atoms with Gasteiger partial charge in [0.2, 0.25) is 0 Å². The fraction of sp³-hybridized carbons (Fsp3) is 0.579. The Morgan fingerprint density at radius 3 is 2.23 bits per heavy atom. The Morgan fingerprint density at radius 2 is 1.59 bits per heavy atom. The van der Waals surface area contributed by atoms with E-state index in [2.05, 4.69) is 12.8 Å². The van der Waals surface area contributed by atoms with Crippen LogP contribution in [0.2, 0.25) is 0 Å². The highest BCUT2D eigenvalue weighted by molar-refractivity contribution is 5.35. The van der Waals surface area contributed by atoms with E-state index < -0.39 is 12.0 Å². The molecule has 1 nitrogen and oxygen atoms in total. The summed E-state index contributed by atoms with van der Waals surface area (Å²) in [6.07, 6.45) is 5.77. The summed E-state index contributed by atoms with van der Waals surface area (Å²) in [6, 6.07) is 8.64. The first-order valence-corrected chi connectivity index (χ1v) is 8.20. The normalized spacial score (nSPS) is 12.5. The summed E-state index contributed by atoms with van der Waals surface area (Å²) in [6.45, 7) is 2.16. The molecule has 122 valence electrons. The molecule has 0 amide bonds. The third-order valence-corrected chi connectivity index (χ3v) is 3.65. The molecule has 0 aromatic heterocycles. The predicted molar refractivity (Wildman–Crippen MR) is 86.9 cm³/mol. The first-order chi connectivity index (χ1) is 10.6. The van der Waals surface area contributed by atoms with Gasteiger partial charge in [-0.3, -0.25) is 0 Å². The Morgan fingerprint density at radius 1 is 1.00 bits per heavy atom. The van der Waals surface area contributed by atoms with Crippen LogP contribution in [0.1, 0.15) is 63.9 Å². The van der Waals surface area contributed by atoms with Crippen LogP contribution in [0.15, 0.2) is 30.3 Å². The van der Waals surface area contributed by atoms with Crippen LogP contribution in [-0.4, -0.2) is 17.1 Å². The molecule has 0 spiro atoms. The molecule has 1 atom stereocenters. The minimum atomic E-state index is -3.35. The average Bonchev–Trinajstić information content (AvgIpc) is 2.53. The predicted octanol–water partition coefficient (Wildman–Crippen LogP) is 5.18. The van der Waals surface area contributed by atoms with Gasteiger partial charge in [-0.1, -0.05) is 76.0 Å². The SMILES string of the molecule is CCCCCCCCCC(O)C(F)(F)C#Cc1ccccc1. The molecule has 0 aliphatic rings. The van der Waals surface area contributed by atoms with Gasteiger partial charge in [-0.05, 0) is 24.5 Å². The Hall–Kier alpha value is -1.40. The second-order valence-corrected chi connectivity index (χ2v) is 5.66. The van der Waals surface area contributed by atoms with E-state index in [1.54, 1.807) is 30.3 Å². The molecule has 1 rings (SSSR count). The van der Waals surface area contributed by atoms with E-state index in [0.717, 1.165) is 19.3 Å². The maximum Gasteiger partial charge on any atom is 0.333 e. The highest BCUT2D eigenvalue weighted by Crippen LogP contribution is 2.22. The van der Waals surface area contributed by atoms with Crippen LogP contribution in [-0.2, 0) is 0 Å². The van der Waals surface area contributed by atoms with Gasteiger partial charge >= 0.3 is 5.92 Å². The Balaban J connectivity index is 2.31. The molecule has 1 unspecified atom stereocenters. The van der Waals surface area contributed by atoms with Crippen molar-refractivity contribution >= 4 is 0 Å². The maximum atomic E-state index is 13.8. The Kier molecular flexibility index (Phi) is 8.77. The lowest BCUT2D eigenvalue weighted by molar-refractivity contribution is -0.0656. The molecule has 0 saturated carbocycles. The smallest absolute Gasteiger partial charge is 0.333 e. The second-order valence-electron chi connectivity index (χ2n) is 5.66. The topological polar surface area (TPSA) is 20.2 Å². The number of aliphatic hydroxyl groups excluding tert-OH is 1. The first kappa shape index (κ1) is 18.6. The molecule has 0 saturated heterocycles. The number of hydrogen-bond donors (Lipinski definition) is 1. The molecule has 0 bridgehead atoms. The third kappa shape index (κ3) is 7.56. The van der Waals surface area contributed by atoms with Crippen LogP contribution in [0.3, 0.4) is 0 Å². The molecule has 0 radical (unpaired) electrons. The lowest BCUT2D eigenvalue weighted by Gasteiger charge is -2.17. The van der Waals surface area contributed by atoms with Crippen molar-refractivity contribution in [2.24, 2.45) is 0 Å². The van der Waals surface area contributed by atoms with E-state index in [0.29, 0.717) is 12.0 Å². The average molecular weight is 308 g/mol. The minimum absolute atomic E-state index is 0.101. The number of halogens is 2. The number of alkyl halides is 2. The van der Waals surface area contributed by atoms with Crippen LogP contribution in [0, 0.1) is 11.8 Å². The summed E-state index contributed by atoms with van der Waals surface area (Å²) < 4.78 is 27.5. The lowest BCUT2D eigenvalue weighted by Crippen LogP contribution is -2.31. The van der Waals surface area contributed by atoms with Gasteiger partial charge in [0.1, 0.15) is 6.10 Å². The number of aliphatic hydroxyl groups is 1. The Bertz CT molecular complexity index is 459. The molecule has 22 heavy (non-hydrogen) atoms. The zero-order valence-corrected chi connectivity index (χ0v) is 13.3. The van der Waals surface area contributed by atoms with Crippen LogP contribution >= 0.6 is 0 Å². The molecular formula is C19H26F2O. The second kappa shape index (κ2) is 10.3. The summed E-state index contributed by atoms with van der Waals surface area (Å²) in [5, 5.41) is 9.64. The van der Waals surface area contributed by atoms with E-state index in [1.165, 1.54) is 19.3 Å². The fourth-order valence-electron chi connectivity index (χ4n) is 2.24. The van der Waals surface area contributed by atoms with Crippen LogP contribution < -0.4 is 0 Å². The van der Waals surface area contributed by atoms with Gasteiger partial charge in [-0.25, -0.2) is 0 Å². The molecule has 1 N–H and O–H groups in total. The van der Waals surface area contributed by atoms with Crippen molar-refractivity contribution in [1.82, 2.24) is 0 Å². The molecule has 3 heteroatoms. The van der Waals surface area contributed by atoms with Gasteiger partial charge in [0.15, 0.2) is 0 Å². The monoisotopic (exact) mass is 308 g/mol. The van der Waals surface area contributed by atoms with Gasteiger partial charge < -0.3 is 5.11 Å². The van der Waals surface area contributed by atoms with Crippen molar-refractivity contribution in [1.29, 1.82) is 0 Å². The van der Waals surface area contributed by atoms with Crippen molar-refractivity contribution in [2.75, 3.05) is 0 Å². The summed E-state index contributed by atoms with van der Waals surface area (Å²) in [4.78, 5) is 0. The van der Waals surface area contributed by atoms with Gasteiger partial charge in [0.25, 0.3) is 0 Å². The van der Waals surface area contributed by atoms with E-state index in [1.807, 2.05) is 5.92 Å². The number of hydrogen-bond acceptors (Lipinski definition) is 1. The molecule has 0 heterocycles. The van der Waals surface area contributed by atoms with Crippen LogP contribution in [0.25, 0.3) is 0 Å². The lowest BCUT2D eigenvalue weighted by atomic mass is 10.0. The number of unbranched alkanes of at least 4 members (excludes halogenated alkanes) is 6. The molecule has 0 aliphatic carbocycles.